The minimum absolute atomic E-state index is 0.325. The van der Waals surface area contributed by atoms with Crippen molar-refractivity contribution in [3.8, 4) is 0 Å². The minimum Gasteiger partial charge on any atom is -0.481 e. The average molecular weight is 283 g/mol. The Balaban J connectivity index is 2.29. The van der Waals surface area contributed by atoms with Gasteiger partial charge in [-0.15, -0.1) is 0 Å². The fourth-order valence-electron chi connectivity index (χ4n) is 1.81. The van der Waals surface area contributed by atoms with Crippen LogP contribution in [0.3, 0.4) is 0 Å². The lowest BCUT2D eigenvalue weighted by Gasteiger charge is -2.13. The van der Waals surface area contributed by atoms with E-state index in [0.29, 0.717) is 10.7 Å². The third-order valence-corrected chi connectivity index (χ3v) is 3.22. The number of carboxylic acid groups (broad SMARTS) is 1. The molecule has 1 aromatic carbocycles. The van der Waals surface area contributed by atoms with Crippen LogP contribution in [0, 0.1) is 6.92 Å². The number of carbonyl (C=O) groups excluding carboxylic acids is 2. The van der Waals surface area contributed by atoms with Crippen molar-refractivity contribution in [1.29, 1.82) is 0 Å². The second kappa shape index (κ2) is 4.89. The summed E-state index contributed by atoms with van der Waals surface area (Å²) in [5.41, 5.74) is 1.14. The molecule has 0 aromatic heterocycles. The Morgan fingerprint density at radius 2 is 2.16 bits per heavy atom. The van der Waals surface area contributed by atoms with Crippen LogP contribution in [-0.2, 0) is 9.59 Å². The van der Waals surface area contributed by atoms with E-state index in [1.165, 1.54) is 6.07 Å². The number of imide groups is 1. The van der Waals surface area contributed by atoms with Gasteiger partial charge in [-0.25, -0.2) is 9.69 Å². The predicted octanol–water partition coefficient (Wildman–Crippen LogP) is 1.55. The number of carbonyl (C=O) groups is 3. The highest BCUT2D eigenvalue weighted by molar-refractivity contribution is 6.32. The third-order valence-electron chi connectivity index (χ3n) is 2.81. The van der Waals surface area contributed by atoms with Gasteiger partial charge < -0.3 is 10.4 Å². The van der Waals surface area contributed by atoms with Crippen LogP contribution in [0.1, 0.15) is 12.0 Å². The molecule has 1 atom stereocenters. The van der Waals surface area contributed by atoms with E-state index in [1.807, 2.05) is 0 Å². The molecule has 19 heavy (non-hydrogen) atoms. The summed E-state index contributed by atoms with van der Waals surface area (Å²) < 4.78 is 0. The molecule has 0 radical (unpaired) electrons. The van der Waals surface area contributed by atoms with E-state index in [0.717, 1.165) is 10.5 Å². The molecule has 0 spiro atoms. The van der Waals surface area contributed by atoms with Crippen molar-refractivity contribution in [3.05, 3.63) is 28.8 Å². The third kappa shape index (κ3) is 2.53. The molecule has 1 saturated heterocycles. The van der Waals surface area contributed by atoms with Gasteiger partial charge in [-0.05, 0) is 24.6 Å². The van der Waals surface area contributed by atoms with Gasteiger partial charge in [0.2, 0.25) is 0 Å². The average Bonchev–Trinajstić information content (AvgIpc) is 2.58. The Bertz CT molecular complexity index is 573. The van der Waals surface area contributed by atoms with E-state index < -0.39 is 30.4 Å². The van der Waals surface area contributed by atoms with Gasteiger partial charge in [-0.2, -0.15) is 0 Å². The first kappa shape index (κ1) is 13.4. The maximum absolute atomic E-state index is 12.0. The molecule has 3 amide bonds. The second-order valence-electron chi connectivity index (χ2n) is 4.21. The van der Waals surface area contributed by atoms with Crippen LogP contribution in [0.2, 0.25) is 5.02 Å². The molecule has 1 fully saturated rings. The molecule has 2 N–H and O–H groups in total. The molecule has 0 bridgehead atoms. The van der Waals surface area contributed by atoms with Crippen molar-refractivity contribution in [1.82, 2.24) is 5.32 Å². The summed E-state index contributed by atoms with van der Waals surface area (Å²) >= 11 is 5.94. The van der Waals surface area contributed by atoms with Crippen LogP contribution < -0.4 is 10.2 Å². The molecular weight excluding hydrogens is 272 g/mol. The Hall–Kier alpha value is -2.08. The molecule has 100 valence electrons. The number of amides is 3. The van der Waals surface area contributed by atoms with Crippen LogP contribution in [-0.4, -0.2) is 29.1 Å². The molecule has 0 aliphatic carbocycles. The monoisotopic (exact) mass is 282 g/mol. The van der Waals surface area contributed by atoms with Gasteiger partial charge >= 0.3 is 12.0 Å². The van der Waals surface area contributed by atoms with Crippen LogP contribution >= 0.6 is 11.6 Å². The Labute approximate surface area is 114 Å². The van der Waals surface area contributed by atoms with Gasteiger partial charge in [0.05, 0.1) is 12.1 Å². The summed E-state index contributed by atoms with van der Waals surface area (Å²) in [6, 6.07) is 3.09. The number of halogens is 1. The zero-order valence-electron chi connectivity index (χ0n) is 10.0. The topological polar surface area (TPSA) is 86.7 Å². The number of nitrogens with one attached hydrogen (secondary N) is 1. The lowest BCUT2D eigenvalue weighted by Crippen LogP contribution is -2.32. The summed E-state index contributed by atoms with van der Waals surface area (Å²) in [7, 11) is 0. The summed E-state index contributed by atoms with van der Waals surface area (Å²) in [5, 5.41) is 11.4. The number of benzene rings is 1. The van der Waals surface area contributed by atoms with Gasteiger partial charge in [0.25, 0.3) is 5.91 Å². The fourth-order valence-corrected chi connectivity index (χ4v) is 1.98. The Morgan fingerprint density at radius 1 is 1.47 bits per heavy atom. The molecule has 1 heterocycles. The fraction of sp³-hybridized carbons (Fsp3) is 0.250. The summed E-state index contributed by atoms with van der Waals surface area (Å²) in [6.07, 6.45) is -0.444. The van der Waals surface area contributed by atoms with E-state index in [9.17, 15) is 14.4 Å². The lowest BCUT2D eigenvalue weighted by atomic mass is 10.2. The highest BCUT2D eigenvalue weighted by Gasteiger charge is 2.40. The number of rotatable bonds is 3. The Morgan fingerprint density at radius 3 is 2.74 bits per heavy atom. The van der Waals surface area contributed by atoms with E-state index >= 15 is 0 Å². The number of aryl methyl sites for hydroxylation is 1. The standard InChI is InChI=1S/C12H11ClN2O4/c1-6-2-3-7(4-8(6)13)15-11(18)9(5-10(16)17)14-12(15)19/h2-4,9H,5H2,1H3,(H,14,19)(H,16,17). The van der Waals surface area contributed by atoms with E-state index in [-0.39, 0.29) is 0 Å². The van der Waals surface area contributed by atoms with Crippen LogP contribution in [0.5, 0.6) is 0 Å². The zero-order valence-corrected chi connectivity index (χ0v) is 10.8. The van der Waals surface area contributed by atoms with E-state index in [1.54, 1.807) is 19.1 Å². The Kier molecular flexibility index (Phi) is 3.44. The minimum atomic E-state index is -1.15. The van der Waals surface area contributed by atoms with Gasteiger partial charge in [0.1, 0.15) is 6.04 Å². The number of aliphatic carboxylic acids is 1. The number of carboxylic acids is 1. The molecule has 1 aliphatic rings. The van der Waals surface area contributed by atoms with Gasteiger partial charge in [0.15, 0.2) is 0 Å². The molecule has 7 heteroatoms. The maximum Gasteiger partial charge on any atom is 0.329 e. The highest BCUT2D eigenvalue weighted by Crippen LogP contribution is 2.26. The van der Waals surface area contributed by atoms with Crippen molar-refractivity contribution in [2.45, 2.75) is 19.4 Å². The van der Waals surface area contributed by atoms with Crippen LogP contribution in [0.15, 0.2) is 18.2 Å². The van der Waals surface area contributed by atoms with Crippen molar-refractivity contribution in [3.63, 3.8) is 0 Å². The highest BCUT2D eigenvalue weighted by atomic mass is 35.5. The first-order chi connectivity index (χ1) is 8.90. The number of urea groups is 1. The van der Waals surface area contributed by atoms with E-state index in [4.69, 9.17) is 16.7 Å². The smallest absolute Gasteiger partial charge is 0.329 e. The largest absolute Gasteiger partial charge is 0.481 e. The SMILES string of the molecule is Cc1ccc(N2C(=O)NC(CC(=O)O)C2=O)cc1Cl. The number of hydrogen-bond donors (Lipinski definition) is 2. The molecule has 6 nitrogen and oxygen atoms in total. The number of hydrogen-bond acceptors (Lipinski definition) is 3. The van der Waals surface area contributed by atoms with Crippen molar-refractivity contribution in [2.24, 2.45) is 0 Å². The summed E-state index contributed by atoms with van der Waals surface area (Å²) in [6.45, 7) is 1.80. The second-order valence-corrected chi connectivity index (χ2v) is 4.61. The first-order valence-electron chi connectivity index (χ1n) is 5.52. The molecule has 1 aliphatic heterocycles. The quantitative estimate of drug-likeness (QED) is 0.824. The van der Waals surface area contributed by atoms with E-state index in [2.05, 4.69) is 5.32 Å². The normalized spacial score (nSPS) is 18.6. The molecule has 1 aromatic rings. The van der Waals surface area contributed by atoms with Crippen molar-refractivity contribution >= 4 is 35.2 Å². The van der Waals surface area contributed by atoms with Gasteiger partial charge in [0, 0.05) is 5.02 Å². The van der Waals surface area contributed by atoms with Gasteiger partial charge in [-0.3, -0.25) is 9.59 Å². The number of nitrogens with zero attached hydrogens (tertiary/aromatic N) is 1. The van der Waals surface area contributed by atoms with Crippen LogP contribution in [0.25, 0.3) is 0 Å². The summed E-state index contributed by atoms with van der Waals surface area (Å²) in [4.78, 5) is 35.2. The van der Waals surface area contributed by atoms with Crippen molar-refractivity contribution in [2.75, 3.05) is 4.90 Å². The lowest BCUT2D eigenvalue weighted by molar-refractivity contribution is -0.139. The molecule has 1 unspecified atom stereocenters. The maximum atomic E-state index is 12.0. The first-order valence-corrected chi connectivity index (χ1v) is 5.90. The van der Waals surface area contributed by atoms with Gasteiger partial charge in [-0.1, -0.05) is 17.7 Å². The van der Waals surface area contributed by atoms with Crippen molar-refractivity contribution < 1.29 is 19.5 Å². The summed E-state index contributed by atoms with van der Waals surface area (Å²) in [5.74, 6) is -1.74. The number of anilines is 1. The zero-order chi connectivity index (χ0) is 14.2. The molecular formula is C12H11ClN2O4. The predicted molar refractivity (Wildman–Crippen MR) is 68.2 cm³/mol. The molecule has 2 rings (SSSR count). The molecule has 0 saturated carbocycles. The van der Waals surface area contributed by atoms with Crippen LogP contribution in [0.4, 0.5) is 10.5 Å².